The summed E-state index contributed by atoms with van der Waals surface area (Å²) >= 11 is 1.77. The van der Waals surface area contributed by atoms with E-state index in [9.17, 15) is 19.2 Å². The Morgan fingerprint density at radius 2 is 1.81 bits per heavy atom. The summed E-state index contributed by atoms with van der Waals surface area (Å²) in [5, 5.41) is 6.52. The molecule has 0 spiro atoms. The molecule has 2 aliphatic heterocycles. The Hall–Kier alpha value is -5.99. The molecule has 1 saturated heterocycles. The van der Waals surface area contributed by atoms with Gasteiger partial charge in [0.2, 0.25) is 17.7 Å². The Kier molecular flexibility index (Phi) is 14.4. The third kappa shape index (κ3) is 10.2. The summed E-state index contributed by atoms with van der Waals surface area (Å²) in [5.41, 5.74) is 7.03. The molecule has 2 N–H and O–H groups in total. The highest BCUT2D eigenvalue weighted by atomic mass is 32.2. The summed E-state index contributed by atoms with van der Waals surface area (Å²) in [5.74, 6) is 1.21. The quantitative estimate of drug-likeness (QED) is 0.0357. The van der Waals surface area contributed by atoms with Crippen LogP contribution in [0.3, 0.4) is 0 Å². The van der Waals surface area contributed by atoms with Crippen LogP contribution in [0.4, 0.5) is 11.4 Å². The van der Waals surface area contributed by atoms with Crippen molar-refractivity contribution in [3.05, 3.63) is 108 Å². The van der Waals surface area contributed by atoms with E-state index in [1.807, 2.05) is 56.6 Å². The fourth-order valence-corrected chi connectivity index (χ4v) is 9.43. The first-order chi connectivity index (χ1) is 30.0. The van der Waals surface area contributed by atoms with Crippen molar-refractivity contribution in [2.45, 2.75) is 68.8 Å². The van der Waals surface area contributed by atoms with Gasteiger partial charge in [-0.25, -0.2) is 9.97 Å². The number of aryl methyl sites for hydroxylation is 1. The van der Waals surface area contributed by atoms with Crippen LogP contribution in [0.25, 0.3) is 22.2 Å². The molecule has 5 aromatic rings. The summed E-state index contributed by atoms with van der Waals surface area (Å²) < 4.78 is 8.01. The lowest BCUT2D eigenvalue weighted by molar-refractivity contribution is -0.137. The standard InChI is InChI=1S/C48H56N8O5S/c1-6-45(57)51-38-27-32(28-44-49-22-21-37(50-44)35-30-55(4)39-17-11-10-15-33(35)39)42(61-5)29-41(38)54(3)25-24-53(2)23-12-8-7-9-13-26-62-43-18-14-16-34-36(43)31-56(48(34)60)40-19-20-46(58)52-47(40)59/h6,10-11,14-18,21-22,27,29-30,40H,1,7-9,12-13,19-20,23-26,28,31H2,2-5H3,(H,51,57)(H,52,58,59). The lowest BCUT2D eigenvalue weighted by Gasteiger charge is -2.29. The number of nitrogens with zero attached hydrogens (tertiary/aromatic N) is 6. The van der Waals surface area contributed by atoms with Crippen molar-refractivity contribution in [1.29, 1.82) is 0 Å². The summed E-state index contributed by atoms with van der Waals surface area (Å²) in [4.78, 5) is 66.7. The molecule has 4 heterocycles. The van der Waals surface area contributed by atoms with Gasteiger partial charge < -0.3 is 29.3 Å². The number of fused-ring (bicyclic) bond motifs is 2. The number of methoxy groups -OCH3 is 1. The largest absolute Gasteiger partial charge is 0.496 e. The number of amides is 4. The third-order valence-electron chi connectivity index (χ3n) is 11.8. The van der Waals surface area contributed by atoms with Gasteiger partial charge >= 0.3 is 0 Å². The predicted octanol–water partition coefficient (Wildman–Crippen LogP) is 7.23. The zero-order valence-electron chi connectivity index (χ0n) is 36.1. The van der Waals surface area contributed by atoms with Crippen molar-refractivity contribution in [2.75, 3.05) is 56.8 Å². The van der Waals surface area contributed by atoms with Gasteiger partial charge in [-0.05, 0) is 80.6 Å². The first-order valence-electron chi connectivity index (χ1n) is 21.3. The number of likely N-dealkylation sites (N-methyl/N-ethyl adjacent to an activating group) is 2. The Labute approximate surface area is 367 Å². The number of para-hydroxylation sites is 1. The van der Waals surface area contributed by atoms with Gasteiger partial charge in [0.05, 0.1) is 24.2 Å². The maximum absolute atomic E-state index is 13.2. The van der Waals surface area contributed by atoms with E-state index in [4.69, 9.17) is 9.72 Å². The van der Waals surface area contributed by atoms with Crippen LogP contribution in [0, 0.1) is 0 Å². The number of aromatic nitrogens is 3. The molecule has 14 heteroatoms. The lowest BCUT2D eigenvalue weighted by Crippen LogP contribution is -2.52. The fourth-order valence-electron chi connectivity index (χ4n) is 8.33. The third-order valence-corrected chi connectivity index (χ3v) is 13.0. The van der Waals surface area contributed by atoms with Crippen LogP contribution >= 0.6 is 11.8 Å². The maximum Gasteiger partial charge on any atom is 0.255 e. The number of unbranched alkanes of at least 4 members (excludes halogenated alkanes) is 4. The summed E-state index contributed by atoms with van der Waals surface area (Å²) in [6, 6.07) is 19.3. The highest BCUT2D eigenvalue weighted by Gasteiger charge is 2.39. The van der Waals surface area contributed by atoms with E-state index in [0.29, 0.717) is 42.2 Å². The van der Waals surface area contributed by atoms with Crippen LogP contribution in [-0.4, -0.2) is 101 Å². The molecule has 62 heavy (non-hydrogen) atoms. The Morgan fingerprint density at radius 1 is 1.00 bits per heavy atom. The van der Waals surface area contributed by atoms with Crippen LogP contribution in [0.15, 0.2) is 90.6 Å². The van der Waals surface area contributed by atoms with E-state index in [1.165, 1.54) is 6.08 Å². The first kappa shape index (κ1) is 44.1. The SMILES string of the molecule is C=CC(=O)Nc1cc(Cc2nccc(-c3cn(C)c4ccccc34)n2)c(OC)cc1N(C)CCN(C)CCCCCCCSc1cccc2c1CN(C1CCC(=O)NC1=O)C2=O. The molecule has 0 aliphatic carbocycles. The number of hydrogen-bond acceptors (Lipinski definition) is 10. The minimum Gasteiger partial charge on any atom is -0.496 e. The molecule has 13 nitrogen and oxygen atoms in total. The minimum absolute atomic E-state index is 0.132. The minimum atomic E-state index is -0.601. The molecule has 324 valence electrons. The molecule has 2 aliphatic rings. The van der Waals surface area contributed by atoms with Crippen molar-refractivity contribution < 1.29 is 23.9 Å². The van der Waals surface area contributed by atoms with Gasteiger partial charge in [-0.15, -0.1) is 11.8 Å². The average molecular weight is 857 g/mol. The summed E-state index contributed by atoms with van der Waals surface area (Å²) in [6.07, 6.45) is 11.8. The number of anilines is 2. The molecule has 2 aromatic heterocycles. The zero-order valence-corrected chi connectivity index (χ0v) is 36.9. The second-order valence-corrected chi connectivity index (χ2v) is 17.2. The number of ether oxygens (including phenoxy) is 1. The Bertz CT molecular complexity index is 2470. The van der Waals surface area contributed by atoms with E-state index >= 15 is 0 Å². The van der Waals surface area contributed by atoms with Crippen molar-refractivity contribution in [3.63, 3.8) is 0 Å². The second kappa shape index (κ2) is 20.3. The average Bonchev–Trinajstić information content (AvgIpc) is 3.79. The van der Waals surface area contributed by atoms with Crippen LogP contribution in [-0.2, 0) is 34.4 Å². The van der Waals surface area contributed by atoms with Crippen molar-refractivity contribution in [3.8, 4) is 17.0 Å². The molecule has 0 bridgehead atoms. The van der Waals surface area contributed by atoms with E-state index < -0.39 is 6.04 Å². The molecule has 1 unspecified atom stereocenters. The molecular formula is C48H56N8O5S. The first-order valence-corrected chi connectivity index (χ1v) is 22.3. The number of piperidine rings is 1. The molecule has 1 fully saturated rings. The zero-order chi connectivity index (χ0) is 43.8. The van der Waals surface area contributed by atoms with Gasteiger partial charge in [0.1, 0.15) is 17.6 Å². The number of benzene rings is 3. The highest BCUT2D eigenvalue weighted by molar-refractivity contribution is 7.99. The lowest BCUT2D eigenvalue weighted by atomic mass is 10.0. The number of thioether (sulfide) groups is 1. The van der Waals surface area contributed by atoms with Crippen LogP contribution in [0.1, 0.15) is 72.3 Å². The second-order valence-electron chi connectivity index (χ2n) is 16.1. The summed E-state index contributed by atoms with van der Waals surface area (Å²) in [7, 11) is 7.86. The smallest absolute Gasteiger partial charge is 0.255 e. The monoisotopic (exact) mass is 856 g/mol. The molecule has 7 rings (SSSR count). The topological polar surface area (TPSA) is 142 Å². The van der Waals surface area contributed by atoms with Crippen molar-refractivity contribution >= 4 is 57.7 Å². The number of nitrogens with one attached hydrogen (secondary N) is 2. The van der Waals surface area contributed by atoms with Gasteiger partial charge in [0.25, 0.3) is 5.91 Å². The van der Waals surface area contributed by atoms with Crippen molar-refractivity contribution in [1.82, 2.24) is 29.7 Å². The van der Waals surface area contributed by atoms with Gasteiger partial charge in [-0.2, -0.15) is 0 Å². The molecule has 1 atom stereocenters. The van der Waals surface area contributed by atoms with E-state index in [0.717, 1.165) is 101 Å². The molecule has 4 amide bonds. The molecule has 0 saturated carbocycles. The Morgan fingerprint density at radius 3 is 2.61 bits per heavy atom. The molecule has 0 radical (unpaired) electrons. The van der Waals surface area contributed by atoms with Gasteiger partial charge in [0, 0.05) is 97.5 Å². The predicted molar refractivity (Wildman–Crippen MR) is 246 cm³/mol. The number of carbonyl (C=O) groups excluding carboxylic acids is 4. The fraction of sp³-hybridized carbons (Fsp3) is 0.375. The van der Waals surface area contributed by atoms with E-state index in [1.54, 1.807) is 30.0 Å². The van der Waals surface area contributed by atoms with Crippen molar-refractivity contribution in [2.24, 2.45) is 7.05 Å². The highest BCUT2D eigenvalue weighted by Crippen LogP contribution is 2.37. The Balaban J connectivity index is 0.872. The van der Waals surface area contributed by atoms with Gasteiger partial charge in [0.15, 0.2) is 0 Å². The van der Waals surface area contributed by atoms with E-state index in [2.05, 4.69) is 68.0 Å². The maximum atomic E-state index is 13.2. The van der Waals surface area contributed by atoms with Crippen LogP contribution in [0.5, 0.6) is 5.75 Å². The van der Waals surface area contributed by atoms with Gasteiger partial charge in [-0.3, -0.25) is 24.5 Å². The van der Waals surface area contributed by atoms with Gasteiger partial charge in [-0.1, -0.05) is 50.1 Å². The molecular weight excluding hydrogens is 801 g/mol. The molecule has 3 aromatic carbocycles. The number of hydrogen-bond donors (Lipinski definition) is 2. The van der Waals surface area contributed by atoms with E-state index in [-0.39, 0.29) is 30.0 Å². The van der Waals surface area contributed by atoms with Crippen LogP contribution < -0.4 is 20.3 Å². The normalized spacial score (nSPS) is 15.0. The van der Waals surface area contributed by atoms with Crippen LogP contribution in [0.2, 0.25) is 0 Å². The summed E-state index contributed by atoms with van der Waals surface area (Å²) in [6.45, 7) is 6.63. The number of carbonyl (C=O) groups is 4. The number of rotatable bonds is 20. The number of imide groups is 1.